The van der Waals surface area contributed by atoms with Crippen molar-refractivity contribution < 1.29 is 19.1 Å². The molecule has 122 valence electrons. The van der Waals surface area contributed by atoms with Crippen LogP contribution in [0.3, 0.4) is 0 Å². The summed E-state index contributed by atoms with van der Waals surface area (Å²) in [7, 11) is 0. The summed E-state index contributed by atoms with van der Waals surface area (Å²) >= 11 is 1.59. The summed E-state index contributed by atoms with van der Waals surface area (Å²) in [5.41, 5.74) is 7.14. The van der Waals surface area contributed by atoms with Gasteiger partial charge in [-0.15, -0.1) is 11.3 Å². The first kappa shape index (κ1) is 15.8. The molecule has 5 nitrogen and oxygen atoms in total. The summed E-state index contributed by atoms with van der Waals surface area (Å²) < 4.78 is 10.7. The van der Waals surface area contributed by atoms with Gasteiger partial charge in [0.15, 0.2) is 11.5 Å². The zero-order chi connectivity index (χ0) is 16.6. The van der Waals surface area contributed by atoms with Crippen molar-refractivity contribution in [2.24, 2.45) is 5.73 Å². The molecule has 0 bridgehead atoms. The van der Waals surface area contributed by atoms with Crippen LogP contribution >= 0.6 is 11.3 Å². The van der Waals surface area contributed by atoms with Crippen LogP contribution in [0.25, 0.3) is 0 Å². The Morgan fingerprint density at radius 1 is 1.43 bits per heavy atom. The highest BCUT2D eigenvalue weighted by Crippen LogP contribution is 2.46. The number of hydrogen-bond acceptors (Lipinski definition) is 6. The smallest absolute Gasteiger partial charge is 0.340 e. The lowest BCUT2D eigenvalue weighted by molar-refractivity contribution is -0.139. The van der Waals surface area contributed by atoms with Gasteiger partial charge in [-0.2, -0.15) is 0 Å². The van der Waals surface area contributed by atoms with E-state index in [0.717, 1.165) is 28.2 Å². The first-order chi connectivity index (χ1) is 11.0. The molecule has 1 aromatic heterocycles. The Morgan fingerprint density at radius 2 is 2.22 bits per heavy atom. The molecular formula is C17H19NO4S. The van der Waals surface area contributed by atoms with Crippen LogP contribution in [0, 0.1) is 6.92 Å². The molecule has 0 amide bonds. The lowest BCUT2D eigenvalue weighted by atomic mass is 9.80. The second-order valence-electron chi connectivity index (χ2n) is 5.61. The lowest BCUT2D eigenvalue weighted by Crippen LogP contribution is -2.30. The standard InChI is InChI=1S/C17H19NO4S/c1-3-21-17(20)14-13(12-8-7-9(2)23-12)10-5-4-6-11(19)15(10)22-16(14)18/h7-8,13H,3-6,18H2,1-2H3. The van der Waals surface area contributed by atoms with E-state index >= 15 is 0 Å². The molecule has 0 aromatic carbocycles. The number of thiophene rings is 1. The van der Waals surface area contributed by atoms with Crippen molar-refractivity contribution in [3.63, 3.8) is 0 Å². The van der Waals surface area contributed by atoms with Gasteiger partial charge >= 0.3 is 5.97 Å². The zero-order valence-corrected chi connectivity index (χ0v) is 14.0. The lowest BCUT2D eigenvalue weighted by Gasteiger charge is -2.31. The highest BCUT2D eigenvalue weighted by atomic mass is 32.1. The van der Waals surface area contributed by atoms with Crippen LogP contribution in [-0.2, 0) is 19.1 Å². The molecule has 1 aliphatic carbocycles. The van der Waals surface area contributed by atoms with Gasteiger partial charge < -0.3 is 15.2 Å². The molecule has 2 heterocycles. The van der Waals surface area contributed by atoms with E-state index in [9.17, 15) is 9.59 Å². The molecule has 1 atom stereocenters. The molecule has 1 aromatic rings. The largest absolute Gasteiger partial charge is 0.462 e. The Balaban J connectivity index is 2.13. The number of hydrogen-bond donors (Lipinski definition) is 1. The van der Waals surface area contributed by atoms with E-state index in [0.29, 0.717) is 17.8 Å². The van der Waals surface area contributed by atoms with Gasteiger partial charge in [-0.05, 0) is 44.4 Å². The maximum absolute atomic E-state index is 12.4. The van der Waals surface area contributed by atoms with Crippen molar-refractivity contribution in [1.29, 1.82) is 0 Å². The van der Waals surface area contributed by atoms with Gasteiger partial charge in [-0.1, -0.05) is 0 Å². The van der Waals surface area contributed by atoms with Crippen molar-refractivity contribution in [3.05, 3.63) is 44.7 Å². The van der Waals surface area contributed by atoms with Crippen LogP contribution in [0.4, 0.5) is 0 Å². The van der Waals surface area contributed by atoms with Gasteiger partial charge in [-0.3, -0.25) is 4.79 Å². The van der Waals surface area contributed by atoms with Gasteiger partial charge in [0.25, 0.3) is 0 Å². The fourth-order valence-corrected chi connectivity index (χ4v) is 4.10. The Morgan fingerprint density at radius 3 is 2.87 bits per heavy atom. The number of Topliss-reactive ketones (excluding diaryl/α,β-unsaturated/α-hetero) is 1. The van der Waals surface area contributed by atoms with Crippen LogP contribution in [0.2, 0.25) is 0 Å². The monoisotopic (exact) mass is 333 g/mol. The SMILES string of the molecule is CCOC(=O)C1=C(N)OC2=C(CCCC2=O)C1c1ccc(C)s1. The molecule has 6 heteroatoms. The number of ether oxygens (including phenoxy) is 2. The summed E-state index contributed by atoms with van der Waals surface area (Å²) in [6.45, 7) is 4.01. The quantitative estimate of drug-likeness (QED) is 0.861. The number of ketones is 1. The van der Waals surface area contributed by atoms with Crippen LogP contribution < -0.4 is 5.73 Å². The van der Waals surface area contributed by atoms with E-state index in [1.54, 1.807) is 18.3 Å². The first-order valence-electron chi connectivity index (χ1n) is 7.70. The second-order valence-corrected chi connectivity index (χ2v) is 6.93. The van der Waals surface area contributed by atoms with E-state index in [2.05, 4.69) is 0 Å². The molecule has 0 fully saturated rings. The minimum Gasteiger partial charge on any atom is -0.462 e. The number of carbonyl (C=O) groups is 2. The summed E-state index contributed by atoms with van der Waals surface area (Å²) in [5.74, 6) is -0.576. The van der Waals surface area contributed by atoms with E-state index < -0.39 is 5.97 Å². The third kappa shape index (κ3) is 2.79. The average Bonchev–Trinajstić information content (AvgIpc) is 2.93. The van der Waals surface area contributed by atoms with Crippen LogP contribution in [-0.4, -0.2) is 18.4 Å². The number of aryl methyl sites for hydroxylation is 1. The molecule has 0 radical (unpaired) electrons. The third-order valence-corrected chi connectivity index (χ3v) is 5.12. The topological polar surface area (TPSA) is 78.6 Å². The number of allylic oxidation sites excluding steroid dienone is 2. The molecule has 23 heavy (non-hydrogen) atoms. The van der Waals surface area contributed by atoms with Crippen molar-refractivity contribution in [2.45, 2.75) is 39.0 Å². The highest BCUT2D eigenvalue weighted by Gasteiger charge is 2.40. The minimum absolute atomic E-state index is 0.0199. The van der Waals surface area contributed by atoms with E-state index in [4.69, 9.17) is 15.2 Å². The maximum atomic E-state index is 12.4. The van der Waals surface area contributed by atoms with Crippen LogP contribution in [0.15, 0.2) is 34.9 Å². The molecule has 0 saturated carbocycles. The molecule has 1 unspecified atom stereocenters. The number of rotatable bonds is 3. The number of esters is 1. The third-order valence-electron chi connectivity index (χ3n) is 4.05. The zero-order valence-electron chi connectivity index (χ0n) is 13.2. The maximum Gasteiger partial charge on any atom is 0.340 e. The van der Waals surface area contributed by atoms with Crippen molar-refractivity contribution in [2.75, 3.05) is 6.61 Å². The fraction of sp³-hybridized carbons (Fsp3) is 0.412. The Kier molecular flexibility index (Phi) is 4.26. The average molecular weight is 333 g/mol. The molecule has 3 rings (SSSR count). The highest BCUT2D eigenvalue weighted by molar-refractivity contribution is 7.12. The van der Waals surface area contributed by atoms with Crippen molar-refractivity contribution in [3.8, 4) is 0 Å². The molecular weight excluding hydrogens is 314 g/mol. The van der Waals surface area contributed by atoms with Crippen LogP contribution in [0.5, 0.6) is 0 Å². The number of carbonyl (C=O) groups excluding carboxylic acids is 2. The Bertz CT molecular complexity index is 729. The summed E-state index contributed by atoms with van der Waals surface area (Å²) in [5, 5.41) is 0. The van der Waals surface area contributed by atoms with Crippen molar-refractivity contribution >= 4 is 23.1 Å². The second kappa shape index (κ2) is 6.20. The van der Waals surface area contributed by atoms with Gasteiger partial charge in [0.05, 0.1) is 12.5 Å². The molecule has 2 N–H and O–H groups in total. The molecule has 0 saturated heterocycles. The summed E-state index contributed by atoms with van der Waals surface area (Å²) in [4.78, 5) is 26.7. The molecule has 1 aliphatic heterocycles. The van der Waals surface area contributed by atoms with Gasteiger partial charge in [0.1, 0.15) is 5.57 Å². The normalized spacial score (nSPS) is 21.1. The molecule has 2 aliphatic rings. The van der Waals surface area contributed by atoms with Crippen LogP contribution in [0.1, 0.15) is 41.9 Å². The summed E-state index contributed by atoms with van der Waals surface area (Å²) in [6.07, 6.45) is 1.94. The predicted molar refractivity (Wildman–Crippen MR) is 86.6 cm³/mol. The van der Waals surface area contributed by atoms with Crippen molar-refractivity contribution in [1.82, 2.24) is 0 Å². The minimum atomic E-state index is -0.481. The Labute approximate surface area is 138 Å². The van der Waals surface area contributed by atoms with Gasteiger partial charge in [0, 0.05) is 16.2 Å². The molecule has 0 spiro atoms. The number of nitrogens with two attached hydrogens (primary N) is 1. The summed E-state index contributed by atoms with van der Waals surface area (Å²) in [6, 6.07) is 3.98. The Hall–Kier alpha value is -2.08. The van der Waals surface area contributed by atoms with E-state index in [1.165, 1.54) is 0 Å². The fourth-order valence-electron chi connectivity index (χ4n) is 3.07. The van der Waals surface area contributed by atoms with E-state index in [1.807, 2.05) is 19.1 Å². The first-order valence-corrected chi connectivity index (χ1v) is 8.51. The van der Waals surface area contributed by atoms with Gasteiger partial charge in [-0.25, -0.2) is 4.79 Å². The van der Waals surface area contributed by atoms with E-state index in [-0.39, 0.29) is 24.2 Å². The van der Waals surface area contributed by atoms with Gasteiger partial charge in [0.2, 0.25) is 5.88 Å². The predicted octanol–water partition coefficient (Wildman–Crippen LogP) is 2.91.